The lowest BCUT2D eigenvalue weighted by Crippen LogP contribution is -2.14. The molecule has 1 aromatic rings. The molecule has 0 amide bonds. The van der Waals surface area contributed by atoms with Gasteiger partial charge in [0, 0.05) is 11.0 Å². The minimum Gasteiger partial charge on any atom is -0.505 e. The summed E-state index contributed by atoms with van der Waals surface area (Å²) in [7, 11) is 1.30. The first-order chi connectivity index (χ1) is 8.41. The van der Waals surface area contributed by atoms with Crippen LogP contribution >= 0.6 is 15.9 Å². The molecule has 1 aliphatic rings. The zero-order valence-corrected chi connectivity index (χ0v) is 11.3. The Morgan fingerprint density at radius 2 is 2.22 bits per heavy atom. The number of hydrogen-bond donors (Lipinski definition) is 2. The maximum Gasteiger partial charge on any atom is 0.304 e. The molecule has 1 saturated carbocycles. The van der Waals surface area contributed by atoms with Crippen molar-refractivity contribution in [2.45, 2.75) is 24.7 Å². The summed E-state index contributed by atoms with van der Waals surface area (Å²) < 4.78 is 19.1. The van der Waals surface area contributed by atoms with Crippen LogP contribution in [0.5, 0.6) is 11.5 Å². The van der Waals surface area contributed by atoms with Crippen LogP contribution in [0.1, 0.15) is 24.8 Å². The molecule has 4 nitrogen and oxygen atoms in total. The molecule has 0 bridgehead atoms. The second kappa shape index (κ2) is 4.42. The number of benzene rings is 1. The zero-order chi connectivity index (χ0) is 13.5. The number of carbonyl (C=O) groups is 1. The average molecular weight is 319 g/mol. The molecule has 0 unspecified atom stereocenters. The summed E-state index contributed by atoms with van der Waals surface area (Å²) in [5.74, 6) is -2.42. The van der Waals surface area contributed by atoms with Gasteiger partial charge in [-0.3, -0.25) is 4.79 Å². The largest absolute Gasteiger partial charge is 0.505 e. The molecule has 1 fully saturated rings. The van der Waals surface area contributed by atoms with E-state index in [0.717, 1.165) is 0 Å². The van der Waals surface area contributed by atoms with Crippen LogP contribution < -0.4 is 4.74 Å². The van der Waals surface area contributed by atoms with E-state index in [0.29, 0.717) is 22.9 Å². The number of carboxylic acids is 1. The number of ether oxygens (including phenoxy) is 1. The third-order valence-corrected chi connectivity index (χ3v) is 3.86. The van der Waals surface area contributed by atoms with E-state index in [-0.39, 0.29) is 12.2 Å². The SMILES string of the molecule is COc1c(Br)cc(C2(CC(=O)O)CC2)c(O)c1F. The number of halogens is 2. The third-order valence-electron chi connectivity index (χ3n) is 3.27. The Kier molecular flexibility index (Phi) is 3.23. The lowest BCUT2D eigenvalue weighted by Gasteiger charge is -2.17. The molecule has 0 aliphatic heterocycles. The number of phenolic OH excluding ortho intramolecular Hbond substituents is 1. The van der Waals surface area contributed by atoms with Gasteiger partial charge in [0.05, 0.1) is 18.0 Å². The van der Waals surface area contributed by atoms with Gasteiger partial charge in [0.2, 0.25) is 5.82 Å². The lowest BCUT2D eigenvalue weighted by atomic mass is 9.91. The van der Waals surface area contributed by atoms with Crippen LogP contribution in [0.2, 0.25) is 0 Å². The van der Waals surface area contributed by atoms with Gasteiger partial charge in [-0.25, -0.2) is 0 Å². The molecule has 0 heterocycles. The minimum atomic E-state index is -0.959. The van der Waals surface area contributed by atoms with Gasteiger partial charge in [-0.15, -0.1) is 0 Å². The molecule has 0 aromatic heterocycles. The summed E-state index contributed by atoms with van der Waals surface area (Å²) in [6, 6.07) is 1.53. The smallest absolute Gasteiger partial charge is 0.304 e. The quantitative estimate of drug-likeness (QED) is 0.895. The van der Waals surface area contributed by atoms with E-state index in [1.165, 1.54) is 13.2 Å². The van der Waals surface area contributed by atoms with Gasteiger partial charge in [-0.05, 0) is 34.8 Å². The summed E-state index contributed by atoms with van der Waals surface area (Å²) in [5.41, 5.74) is -0.319. The van der Waals surface area contributed by atoms with Crippen molar-refractivity contribution in [2.75, 3.05) is 7.11 Å². The van der Waals surface area contributed by atoms with Crippen LogP contribution in [0.4, 0.5) is 4.39 Å². The normalized spacial score (nSPS) is 16.4. The Balaban J connectivity index is 2.50. The van der Waals surface area contributed by atoms with Crippen molar-refractivity contribution < 1.29 is 24.1 Å². The van der Waals surface area contributed by atoms with Gasteiger partial charge >= 0.3 is 5.97 Å². The fourth-order valence-corrected chi connectivity index (χ4v) is 2.73. The van der Waals surface area contributed by atoms with E-state index < -0.39 is 23.0 Å². The molecule has 1 aromatic carbocycles. The van der Waals surface area contributed by atoms with E-state index >= 15 is 0 Å². The third kappa shape index (κ3) is 2.05. The predicted octanol–water partition coefficient (Wildman–Crippen LogP) is 2.81. The Bertz CT molecular complexity index is 511. The van der Waals surface area contributed by atoms with E-state index in [1.807, 2.05) is 0 Å². The second-order valence-electron chi connectivity index (χ2n) is 4.45. The van der Waals surface area contributed by atoms with Crippen LogP contribution in [0.15, 0.2) is 10.5 Å². The van der Waals surface area contributed by atoms with Crippen LogP contribution in [0, 0.1) is 5.82 Å². The summed E-state index contributed by atoms with van der Waals surface area (Å²) in [6.45, 7) is 0. The molecule has 0 saturated heterocycles. The number of carboxylic acid groups (broad SMARTS) is 1. The Morgan fingerprint density at radius 3 is 2.67 bits per heavy atom. The Hall–Kier alpha value is -1.30. The van der Waals surface area contributed by atoms with Crippen LogP contribution in [0.3, 0.4) is 0 Å². The molecule has 2 rings (SSSR count). The van der Waals surface area contributed by atoms with E-state index in [4.69, 9.17) is 9.84 Å². The fraction of sp³-hybridized carbons (Fsp3) is 0.417. The number of aliphatic carboxylic acids is 1. The van der Waals surface area contributed by atoms with Crippen LogP contribution in [-0.4, -0.2) is 23.3 Å². The highest BCUT2D eigenvalue weighted by Crippen LogP contribution is 2.55. The van der Waals surface area contributed by atoms with Gasteiger partial charge in [0.1, 0.15) is 0 Å². The molecule has 1 aliphatic carbocycles. The van der Waals surface area contributed by atoms with Crippen LogP contribution in [0.25, 0.3) is 0 Å². The number of aromatic hydroxyl groups is 1. The van der Waals surface area contributed by atoms with Crippen LogP contribution in [-0.2, 0) is 10.2 Å². The Morgan fingerprint density at radius 1 is 1.61 bits per heavy atom. The topological polar surface area (TPSA) is 66.8 Å². The first-order valence-electron chi connectivity index (χ1n) is 5.38. The standard InChI is InChI=1S/C12H12BrFO4/c1-18-11-7(13)4-6(10(17)9(11)14)12(2-3-12)5-8(15)16/h4,17H,2-3,5H2,1H3,(H,15,16). The van der Waals surface area contributed by atoms with Crippen molar-refractivity contribution in [3.8, 4) is 11.5 Å². The molecule has 0 radical (unpaired) electrons. The highest BCUT2D eigenvalue weighted by atomic mass is 79.9. The van der Waals surface area contributed by atoms with Crippen molar-refractivity contribution in [2.24, 2.45) is 0 Å². The second-order valence-corrected chi connectivity index (χ2v) is 5.31. The number of hydrogen-bond acceptors (Lipinski definition) is 3. The van der Waals surface area contributed by atoms with Gasteiger partial charge < -0.3 is 14.9 Å². The van der Waals surface area contributed by atoms with Crippen molar-refractivity contribution in [3.63, 3.8) is 0 Å². The lowest BCUT2D eigenvalue weighted by molar-refractivity contribution is -0.137. The summed E-state index contributed by atoms with van der Waals surface area (Å²) >= 11 is 3.16. The van der Waals surface area contributed by atoms with Crippen molar-refractivity contribution in [1.82, 2.24) is 0 Å². The number of rotatable bonds is 4. The summed E-state index contributed by atoms with van der Waals surface area (Å²) in [5, 5.41) is 18.7. The molecule has 2 N–H and O–H groups in total. The molecule has 18 heavy (non-hydrogen) atoms. The maximum atomic E-state index is 13.9. The average Bonchev–Trinajstić information content (AvgIpc) is 3.04. The van der Waals surface area contributed by atoms with E-state index in [2.05, 4.69) is 15.9 Å². The highest BCUT2D eigenvalue weighted by Gasteiger charge is 2.48. The van der Waals surface area contributed by atoms with E-state index in [1.54, 1.807) is 0 Å². The number of phenols is 1. The predicted molar refractivity (Wildman–Crippen MR) is 65.5 cm³/mol. The van der Waals surface area contributed by atoms with Gasteiger partial charge in [-0.1, -0.05) is 0 Å². The fourth-order valence-electron chi connectivity index (χ4n) is 2.16. The summed E-state index contributed by atoms with van der Waals surface area (Å²) in [6.07, 6.45) is 1.15. The van der Waals surface area contributed by atoms with Gasteiger partial charge in [0.15, 0.2) is 11.5 Å². The van der Waals surface area contributed by atoms with Crippen molar-refractivity contribution in [1.29, 1.82) is 0 Å². The molecule has 6 heteroatoms. The van der Waals surface area contributed by atoms with Gasteiger partial charge in [0.25, 0.3) is 0 Å². The first-order valence-corrected chi connectivity index (χ1v) is 6.18. The van der Waals surface area contributed by atoms with Crippen molar-refractivity contribution >= 4 is 21.9 Å². The molecular formula is C12H12BrFO4. The first kappa shape index (κ1) is 13.1. The summed E-state index contributed by atoms with van der Waals surface area (Å²) in [4.78, 5) is 10.8. The molecule has 98 valence electrons. The van der Waals surface area contributed by atoms with Gasteiger partial charge in [-0.2, -0.15) is 4.39 Å². The maximum absolute atomic E-state index is 13.9. The molecule has 0 spiro atoms. The van der Waals surface area contributed by atoms with Crippen molar-refractivity contribution in [3.05, 3.63) is 21.9 Å². The zero-order valence-electron chi connectivity index (χ0n) is 9.67. The number of methoxy groups -OCH3 is 1. The monoisotopic (exact) mass is 318 g/mol. The molecule has 0 atom stereocenters. The minimum absolute atomic E-state index is 0.0811. The molecular weight excluding hydrogens is 307 g/mol. The Labute approximate surface area is 112 Å². The highest BCUT2D eigenvalue weighted by molar-refractivity contribution is 9.10. The van der Waals surface area contributed by atoms with E-state index in [9.17, 15) is 14.3 Å².